The maximum Gasteiger partial charge on any atom is 0.0468 e. The normalized spacial score (nSPS) is 12.5. The average Bonchev–Trinajstić information content (AvgIpc) is 2.22. The molecule has 2 heteroatoms. The van der Waals surface area contributed by atoms with Crippen molar-refractivity contribution in [2.75, 3.05) is 0 Å². The van der Waals surface area contributed by atoms with Crippen molar-refractivity contribution < 1.29 is 0 Å². The zero-order valence-electron chi connectivity index (χ0n) is 9.59. The first kappa shape index (κ1) is 12.0. The van der Waals surface area contributed by atoms with Crippen LogP contribution in [0, 0.1) is 13.8 Å². The Morgan fingerprint density at radius 3 is 2.47 bits per heavy atom. The summed E-state index contributed by atoms with van der Waals surface area (Å²) in [7, 11) is 0. The highest BCUT2D eigenvalue weighted by Crippen LogP contribution is 2.24. The summed E-state index contributed by atoms with van der Waals surface area (Å²) >= 11 is 0. The topological polar surface area (TPSA) is 38.0 Å². The van der Waals surface area contributed by atoms with Gasteiger partial charge in [-0.1, -0.05) is 24.3 Å². The standard InChI is InChI=1S/C13H20N2/c1-4-5-9-12(15-14)13-10(2)7-6-8-11(13)3/h4,6-8,12,15H,1,5,9,14H2,2-3H3. The number of hydrogen-bond donors (Lipinski definition) is 2. The summed E-state index contributed by atoms with van der Waals surface area (Å²) in [5.41, 5.74) is 6.80. The summed E-state index contributed by atoms with van der Waals surface area (Å²) in [5.74, 6) is 5.60. The molecule has 0 aliphatic carbocycles. The van der Waals surface area contributed by atoms with Gasteiger partial charge in [-0.15, -0.1) is 6.58 Å². The molecule has 1 atom stereocenters. The van der Waals surface area contributed by atoms with Crippen molar-refractivity contribution in [1.82, 2.24) is 5.43 Å². The molecule has 0 spiro atoms. The maximum atomic E-state index is 5.60. The molecule has 0 bridgehead atoms. The molecule has 0 amide bonds. The smallest absolute Gasteiger partial charge is 0.0468 e. The van der Waals surface area contributed by atoms with Crippen LogP contribution in [0.2, 0.25) is 0 Å². The lowest BCUT2D eigenvalue weighted by molar-refractivity contribution is 0.516. The number of hydrogen-bond acceptors (Lipinski definition) is 2. The van der Waals surface area contributed by atoms with Gasteiger partial charge in [0, 0.05) is 6.04 Å². The fourth-order valence-corrected chi connectivity index (χ4v) is 1.97. The Labute approximate surface area is 92.2 Å². The van der Waals surface area contributed by atoms with Gasteiger partial charge in [-0.05, 0) is 43.4 Å². The lowest BCUT2D eigenvalue weighted by Crippen LogP contribution is -2.29. The van der Waals surface area contributed by atoms with E-state index in [2.05, 4.69) is 44.1 Å². The van der Waals surface area contributed by atoms with Gasteiger partial charge >= 0.3 is 0 Å². The molecular formula is C13H20N2. The summed E-state index contributed by atoms with van der Waals surface area (Å²) in [4.78, 5) is 0. The van der Waals surface area contributed by atoms with Crippen molar-refractivity contribution in [1.29, 1.82) is 0 Å². The van der Waals surface area contributed by atoms with Crippen LogP contribution in [0.15, 0.2) is 30.9 Å². The molecular weight excluding hydrogens is 184 g/mol. The van der Waals surface area contributed by atoms with E-state index in [1.807, 2.05) is 6.08 Å². The Morgan fingerprint density at radius 2 is 2.00 bits per heavy atom. The van der Waals surface area contributed by atoms with E-state index in [1.165, 1.54) is 16.7 Å². The van der Waals surface area contributed by atoms with E-state index < -0.39 is 0 Å². The molecule has 1 rings (SSSR count). The summed E-state index contributed by atoms with van der Waals surface area (Å²) in [6, 6.07) is 6.56. The second-order valence-electron chi connectivity index (χ2n) is 3.89. The predicted octanol–water partition coefficient (Wildman–Crippen LogP) is 2.77. The lowest BCUT2D eigenvalue weighted by atomic mass is 9.94. The highest BCUT2D eigenvalue weighted by Gasteiger charge is 2.13. The zero-order valence-corrected chi connectivity index (χ0v) is 9.59. The minimum Gasteiger partial charge on any atom is -0.271 e. The Bertz CT molecular complexity index is 311. The molecule has 2 nitrogen and oxygen atoms in total. The Kier molecular flexibility index (Phi) is 4.53. The molecule has 0 aromatic heterocycles. The third-order valence-corrected chi connectivity index (χ3v) is 2.75. The molecule has 0 heterocycles. The highest BCUT2D eigenvalue weighted by atomic mass is 15.2. The number of hydrazine groups is 1. The van der Waals surface area contributed by atoms with Crippen LogP contribution in [0.5, 0.6) is 0 Å². The Morgan fingerprint density at radius 1 is 1.40 bits per heavy atom. The van der Waals surface area contributed by atoms with E-state index in [0.29, 0.717) is 0 Å². The third kappa shape index (κ3) is 2.91. The van der Waals surface area contributed by atoms with E-state index in [9.17, 15) is 0 Å². The number of nitrogens with two attached hydrogens (primary N) is 1. The fourth-order valence-electron chi connectivity index (χ4n) is 1.97. The van der Waals surface area contributed by atoms with Crippen LogP contribution < -0.4 is 11.3 Å². The molecule has 3 N–H and O–H groups in total. The van der Waals surface area contributed by atoms with Crippen LogP contribution in [0.3, 0.4) is 0 Å². The molecule has 0 saturated carbocycles. The van der Waals surface area contributed by atoms with Crippen LogP contribution in [0.25, 0.3) is 0 Å². The van der Waals surface area contributed by atoms with Crippen molar-refractivity contribution in [3.05, 3.63) is 47.5 Å². The van der Waals surface area contributed by atoms with Gasteiger partial charge in [-0.3, -0.25) is 11.3 Å². The van der Waals surface area contributed by atoms with E-state index in [0.717, 1.165) is 12.8 Å². The Hall–Kier alpha value is -1.12. The first-order chi connectivity index (χ1) is 7.20. The first-order valence-electron chi connectivity index (χ1n) is 5.33. The summed E-state index contributed by atoms with van der Waals surface area (Å²) < 4.78 is 0. The highest BCUT2D eigenvalue weighted by molar-refractivity contribution is 5.36. The van der Waals surface area contributed by atoms with Crippen molar-refractivity contribution in [2.24, 2.45) is 5.84 Å². The second kappa shape index (κ2) is 5.69. The molecule has 0 saturated heterocycles. The second-order valence-corrected chi connectivity index (χ2v) is 3.89. The van der Waals surface area contributed by atoms with Crippen LogP contribution in [0.4, 0.5) is 0 Å². The van der Waals surface area contributed by atoms with Gasteiger partial charge in [0.1, 0.15) is 0 Å². The van der Waals surface area contributed by atoms with Crippen LogP contribution in [0.1, 0.15) is 35.6 Å². The van der Waals surface area contributed by atoms with Crippen LogP contribution in [-0.4, -0.2) is 0 Å². The molecule has 1 aromatic rings. The van der Waals surface area contributed by atoms with Crippen molar-refractivity contribution in [2.45, 2.75) is 32.7 Å². The SMILES string of the molecule is C=CCCC(NN)c1c(C)cccc1C. The van der Waals surface area contributed by atoms with Crippen molar-refractivity contribution in [3.8, 4) is 0 Å². The van der Waals surface area contributed by atoms with E-state index in [4.69, 9.17) is 5.84 Å². The van der Waals surface area contributed by atoms with Crippen molar-refractivity contribution in [3.63, 3.8) is 0 Å². The largest absolute Gasteiger partial charge is 0.271 e. The quantitative estimate of drug-likeness (QED) is 0.440. The Balaban J connectivity index is 2.95. The predicted molar refractivity (Wildman–Crippen MR) is 65.4 cm³/mol. The van der Waals surface area contributed by atoms with Crippen molar-refractivity contribution >= 4 is 0 Å². The zero-order chi connectivity index (χ0) is 11.3. The maximum absolute atomic E-state index is 5.60. The average molecular weight is 204 g/mol. The number of aryl methyl sites for hydroxylation is 2. The van der Waals surface area contributed by atoms with E-state index >= 15 is 0 Å². The molecule has 0 aliphatic heterocycles. The molecule has 1 unspecified atom stereocenters. The summed E-state index contributed by atoms with van der Waals surface area (Å²) in [6.07, 6.45) is 3.90. The van der Waals surface area contributed by atoms with Gasteiger partial charge in [0.2, 0.25) is 0 Å². The first-order valence-corrected chi connectivity index (χ1v) is 5.33. The van der Waals surface area contributed by atoms with E-state index in [-0.39, 0.29) is 6.04 Å². The minimum atomic E-state index is 0.226. The molecule has 1 aromatic carbocycles. The van der Waals surface area contributed by atoms with Gasteiger partial charge in [0.15, 0.2) is 0 Å². The van der Waals surface area contributed by atoms with Gasteiger partial charge in [-0.25, -0.2) is 0 Å². The lowest BCUT2D eigenvalue weighted by Gasteiger charge is -2.20. The molecule has 15 heavy (non-hydrogen) atoms. The summed E-state index contributed by atoms with van der Waals surface area (Å²) in [6.45, 7) is 7.99. The number of rotatable bonds is 5. The monoisotopic (exact) mass is 204 g/mol. The number of benzene rings is 1. The van der Waals surface area contributed by atoms with Gasteiger partial charge in [-0.2, -0.15) is 0 Å². The van der Waals surface area contributed by atoms with Gasteiger partial charge in [0.25, 0.3) is 0 Å². The van der Waals surface area contributed by atoms with E-state index in [1.54, 1.807) is 0 Å². The molecule has 0 fully saturated rings. The van der Waals surface area contributed by atoms with Crippen LogP contribution >= 0.6 is 0 Å². The van der Waals surface area contributed by atoms with Crippen LogP contribution in [-0.2, 0) is 0 Å². The number of allylic oxidation sites excluding steroid dienone is 1. The molecule has 0 aliphatic rings. The fraction of sp³-hybridized carbons (Fsp3) is 0.385. The third-order valence-electron chi connectivity index (χ3n) is 2.75. The van der Waals surface area contributed by atoms with Gasteiger partial charge < -0.3 is 0 Å². The van der Waals surface area contributed by atoms with Gasteiger partial charge in [0.05, 0.1) is 0 Å². The number of nitrogens with one attached hydrogen (secondary N) is 1. The minimum absolute atomic E-state index is 0.226. The molecule has 0 radical (unpaired) electrons. The summed E-state index contributed by atoms with van der Waals surface area (Å²) in [5, 5.41) is 0. The molecule has 82 valence electrons.